The van der Waals surface area contributed by atoms with E-state index in [-0.39, 0.29) is 6.10 Å². The molecule has 17 heavy (non-hydrogen) atoms. The molecule has 2 heteroatoms. The Kier molecular flexibility index (Phi) is 12.3. The lowest BCUT2D eigenvalue weighted by molar-refractivity contribution is 0.0268. The van der Waals surface area contributed by atoms with Gasteiger partial charge >= 0.3 is 0 Å². The first-order valence-electron chi connectivity index (χ1n) is 7.46. The fourth-order valence-electron chi connectivity index (χ4n) is 2.02. The van der Waals surface area contributed by atoms with Crippen LogP contribution in [0.3, 0.4) is 0 Å². The van der Waals surface area contributed by atoms with E-state index >= 15 is 0 Å². The van der Waals surface area contributed by atoms with Crippen molar-refractivity contribution < 1.29 is 9.84 Å². The highest BCUT2D eigenvalue weighted by Crippen LogP contribution is 2.15. The molecule has 0 radical (unpaired) electrons. The zero-order valence-corrected chi connectivity index (χ0v) is 12.1. The maximum atomic E-state index is 9.11. The van der Waals surface area contributed by atoms with Gasteiger partial charge in [0.05, 0.1) is 12.7 Å². The molecule has 0 saturated carbocycles. The summed E-state index contributed by atoms with van der Waals surface area (Å²) in [6, 6.07) is 0. The van der Waals surface area contributed by atoms with Crippen LogP contribution in [0.4, 0.5) is 0 Å². The van der Waals surface area contributed by atoms with E-state index in [1.807, 2.05) is 0 Å². The molecule has 0 rings (SSSR count). The molecule has 104 valence electrons. The summed E-state index contributed by atoms with van der Waals surface area (Å²) in [5.41, 5.74) is 0. The molecule has 0 spiro atoms. The van der Waals surface area contributed by atoms with Crippen molar-refractivity contribution >= 4 is 0 Å². The fraction of sp³-hybridized carbons (Fsp3) is 1.00. The molecule has 0 bridgehead atoms. The molecule has 0 heterocycles. The van der Waals surface area contributed by atoms with Crippen LogP contribution < -0.4 is 0 Å². The minimum atomic E-state index is -0.332. The van der Waals surface area contributed by atoms with Gasteiger partial charge in [0, 0.05) is 6.61 Å². The van der Waals surface area contributed by atoms with E-state index in [0.29, 0.717) is 12.5 Å². The summed E-state index contributed by atoms with van der Waals surface area (Å²) in [4.78, 5) is 0. The molecule has 2 nitrogen and oxygen atoms in total. The third-order valence-corrected chi connectivity index (χ3v) is 3.26. The minimum Gasteiger partial charge on any atom is -0.391 e. The Morgan fingerprint density at radius 2 is 1.59 bits per heavy atom. The van der Waals surface area contributed by atoms with Crippen molar-refractivity contribution in [1.29, 1.82) is 0 Å². The van der Waals surface area contributed by atoms with Crippen LogP contribution in [-0.4, -0.2) is 24.4 Å². The molecule has 0 aliphatic rings. The first-order chi connectivity index (χ1) is 8.20. The van der Waals surface area contributed by atoms with E-state index < -0.39 is 0 Å². The normalized spacial score (nSPS) is 14.8. The summed E-state index contributed by atoms with van der Waals surface area (Å²) < 4.78 is 5.49. The summed E-state index contributed by atoms with van der Waals surface area (Å²) >= 11 is 0. The number of ether oxygens (including phenoxy) is 1. The minimum absolute atomic E-state index is 0.332. The first kappa shape index (κ1) is 16.9. The van der Waals surface area contributed by atoms with E-state index in [4.69, 9.17) is 9.84 Å². The lowest BCUT2D eigenvalue weighted by Crippen LogP contribution is -2.15. The molecule has 0 aliphatic heterocycles. The summed E-state index contributed by atoms with van der Waals surface area (Å²) in [5, 5.41) is 9.11. The van der Waals surface area contributed by atoms with Crippen LogP contribution in [0.1, 0.15) is 72.1 Å². The van der Waals surface area contributed by atoms with Crippen molar-refractivity contribution in [3.8, 4) is 0 Å². The predicted molar refractivity (Wildman–Crippen MR) is 74.3 cm³/mol. The Hall–Kier alpha value is -0.0800. The van der Waals surface area contributed by atoms with E-state index in [1.165, 1.54) is 51.4 Å². The van der Waals surface area contributed by atoms with Gasteiger partial charge < -0.3 is 9.84 Å². The van der Waals surface area contributed by atoms with Crippen LogP contribution in [-0.2, 0) is 4.74 Å². The Morgan fingerprint density at radius 1 is 0.941 bits per heavy atom. The van der Waals surface area contributed by atoms with E-state index in [2.05, 4.69) is 13.8 Å². The number of unbranched alkanes of at least 4 members (excludes halogenated alkanes) is 5. The maximum Gasteiger partial charge on any atom is 0.0745 e. The first-order valence-corrected chi connectivity index (χ1v) is 7.46. The molecule has 2 atom stereocenters. The Labute approximate surface area is 108 Å². The average Bonchev–Trinajstić information content (AvgIpc) is 2.30. The number of aliphatic hydroxyl groups excluding tert-OH is 1. The van der Waals surface area contributed by atoms with Crippen LogP contribution in [0.5, 0.6) is 0 Å². The highest BCUT2D eigenvalue weighted by molar-refractivity contribution is 4.57. The second-order valence-electron chi connectivity index (χ2n) is 5.22. The van der Waals surface area contributed by atoms with Gasteiger partial charge in [-0.25, -0.2) is 0 Å². The van der Waals surface area contributed by atoms with E-state index in [0.717, 1.165) is 6.61 Å². The number of hydrogen-bond acceptors (Lipinski definition) is 2. The van der Waals surface area contributed by atoms with Crippen LogP contribution in [0.25, 0.3) is 0 Å². The summed E-state index contributed by atoms with van der Waals surface area (Å²) in [5.74, 6) is 0.680. The van der Waals surface area contributed by atoms with Gasteiger partial charge in [-0.2, -0.15) is 0 Å². The third-order valence-electron chi connectivity index (χ3n) is 3.26. The van der Waals surface area contributed by atoms with E-state index in [1.54, 1.807) is 6.92 Å². The molecule has 0 saturated heterocycles. The standard InChI is InChI=1S/C15H32O2/c1-4-6-7-8-9-10-11-15(5-2)13-17-12-14(3)16/h14-16H,4-13H2,1-3H3. The largest absolute Gasteiger partial charge is 0.391 e. The summed E-state index contributed by atoms with van der Waals surface area (Å²) in [6.07, 6.45) is 10.3. The highest BCUT2D eigenvalue weighted by atomic mass is 16.5. The van der Waals surface area contributed by atoms with Gasteiger partial charge in [-0.15, -0.1) is 0 Å². The van der Waals surface area contributed by atoms with Crippen molar-refractivity contribution in [3.63, 3.8) is 0 Å². The van der Waals surface area contributed by atoms with Gasteiger partial charge in [0.25, 0.3) is 0 Å². The smallest absolute Gasteiger partial charge is 0.0745 e. The molecule has 0 aromatic heterocycles. The Morgan fingerprint density at radius 3 is 2.18 bits per heavy atom. The van der Waals surface area contributed by atoms with Gasteiger partial charge in [0.1, 0.15) is 0 Å². The van der Waals surface area contributed by atoms with Crippen molar-refractivity contribution in [3.05, 3.63) is 0 Å². The van der Waals surface area contributed by atoms with Crippen LogP contribution in [0.2, 0.25) is 0 Å². The highest BCUT2D eigenvalue weighted by Gasteiger charge is 2.07. The monoisotopic (exact) mass is 244 g/mol. The van der Waals surface area contributed by atoms with Gasteiger partial charge in [0.2, 0.25) is 0 Å². The van der Waals surface area contributed by atoms with Gasteiger partial charge in [-0.3, -0.25) is 0 Å². The molecule has 0 amide bonds. The van der Waals surface area contributed by atoms with Crippen molar-refractivity contribution in [1.82, 2.24) is 0 Å². The summed E-state index contributed by atoms with van der Waals surface area (Å²) in [7, 11) is 0. The maximum absolute atomic E-state index is 9.11. The molecular weight excluding hydrogens is 212 g/mol. The number of rotatable bonds is 12. The van der Waals surface area contributed by atoms with Gasteiger partial charge in [0.15, 0.2) is 0 Å². The second-order valence-corrected chi connectivity index (χ2v) is 5.22. The van der Waals surface area contributed by atoms with Crippen molar-refractivity contribution in [2.75, 3.05) is 13.2 Å². The molecular formula is C15H32O2. The quantitative estimate of drug-likeness (QED) is 0.522. The van der Waals surface area contributed by atoms with Crippen molar-refractivity contribution in [2.45, 2.75) is 78.2 Å². The number of hydrogen-bond donors (Lipinski definition) is 1. The van der Waals surface area contributed by atoms with E-state index in [9.17, 15) is 0 Å². The lowest BCUT2D eigenvalue weighted by Gasteiger charge is -2.15. The predicted octanol–water partition coefficient (Wildman–Crippen LogP) is 4.16. The lowest BCUT2D eigenvalue weighted by atomic mass is 9.99. The second kappa shape index (κ2) is 12.4. The topological polar surface area (TPSA) is 29.5 Å². The SMILES string of the molecule is CCCCCCCCC(CC)COCC(C)O. The van der Waals surface area contributed by atoms with Gasteiger partial charge in [-0.05, 0) is 19.3 Å². The molecule has 0 aliphatic carbocycles. The third kappa shape index (κ3) is 12.2. The fourth-order valence-corrected chi connectivity index (χ4v) is 2.02. The number of aliphatic hydroxyl groups is 1. The summed E-state index contributed by atoms with van der Waals surface area (Å²) in [6.45, 7) is 7.55. The molecule has 0 aromatic rings. The van der Waals surface area contributed by atoms with Crippen LogP contribution in [0.15, 0.2) is 0 Å². The molecule has 0 aromatic carbocycles. The zero-order chi connectivity index (χ0) is 12.9. The molecule has 1 N–H and O–H groups in total. The molecule has 2 unspecified atom stereocenters. The van der Waals surface area contributed by atoms with Crippen LogP contribution in [0, 0.1) is 5.92 Å². The molecule has 0 fully saturated rings. The Balaban J connectivity index is 3.35. The Bertz CT molecular complexity index is 146. The van der Waals surface area contributed by atoms with Crippen LogP contribution >= 0.6 is 0 Å². The van der Waals surface area contributed by atoms with Crippen molar-refractivity contribution in [2.24, 2.45) is 5.92 Å². The average molecular weight is 244 g/mol. The van der Waals surface area contributed by atoms with Gasteiger partial charge in [-0.1, -0.05) is 58.8 Å². The zero-order valence-electron chi connectivity index (χ0n) is 12.1.